The number of hydrogen-bond donors (Lipinski definition) is 1. The molecule has 2 nitrogen and oxygen atoms in total. The van der Waals surface area contributed by atoms with Gasteiger partial charge in [0.2, 0.25) is 5.91 Å². The van der Waals surface area contributed by atoms with Crippen LogP contribution in [0.5, 0.6) is 0 Å². The maximum atomic E-state index is 12.3. The quantitative estimate of drug-likeness (QED) is 0.371. The molecule has 23 heavy (non-hydrogen) atoms. The van der Waals surface area contributed by atoms with Gasteiger partial charge in [-0.1, -0.05) is 90.9 Å². The molecular formula is C21H41NO. The fourth-order valence-corrected chi connectivity index (χ4v) is 4.56. The van der Waals surface area contributed by atoms with Gasteiger partial charge >= 0.3 is 0 Å². The first-order valence-corrected chi connectivity index (χ1v) is 10.5. The van der Waals surface area contributed by atoms with Crippen LogP contribution in [0.1, 0.15) is 117 Å². The van der Waals surface area contributed by atoms with E-state index in [4.69, 9.17) is 5.73 Å². The predicted molar refractivity (Wildman–Crippen MR) is 100 cm³/mol. The highest BCUT2D eigenvalue weighted by atomic mass is 16.1. The lowest BCUT2D eigenvalue weighted by atomic mass is 9.71. The van der Waals surface area contributed by atoms with Crippen LogP contribution in [0.2, 0.25) is 0 Å². The molecule has 136 valence electrons. The van der Waals surface area contributed by atoms with E-state index >= 15 is 0 Å². The van der Waals surface area contributed by atoms with Crippen LogP contribution in [0.15, 0.2) is 0 Å². The molecule has 1 aliphatic carbocycles. The Morgan fingerprint density at radius 2 is 1.48 bits per heavy atom. The van der Waals surface area contributed by atoms with Gasteiger partial charge in [-0.3, -0.25) is 4.79 Å². The van der Waals surface area contributed by atoms with Crippen LogP contribution in [0.3, 0.4) is 0 Å². The highest BCUT2D eigenvalue weighted by Crippen LogP contribution is 2.49. The minimum Gasteiger partial charge on any atom is -0.369 e. The first-order valence-electron chi connectivity index (χ1n) is 10.5. The van der Waals surface area contributed by atoms with Crippen molar-refractivity contribution in [1.29, 1.82) is 0 Å². The van der Waals surface area contributed by atoms with Crippen LogP contribution in [0, 0.1) is 11.3 Å². The van der Waals surface area contributed by atoms with Gasteiger partial charge in [-0.15, -0.1) is 0 Å². The Morgan fingerprint density at radius 1 is 0.913 bits per heavy atom. The normalized spacial score (nSPS) is 24.2. The average molecular weight is 324 g/mol. The Bertz CT molecular complexity index is 315. The third-order valence-corrected chi connectivity index (χ3v) is 6.08. The Kier molecular flexibility index (Phi) is 10.6. The molecule has 1 saturated carbocycles. The maximum Gasteiger partial charge on any atom is 0.223 e. The molecule has 1 amide bonds. The van der Waals surface area contributed by atoms with Crippen LogP contribution in [-0.4, -0.2) is 5.91 Å². The summed E-state index contributed by atoms with van der Waals surface area (Å²) < 4.78 is 0. The van der Waals surface area contributed by atoms with E-state index in [9.17, 15) is 4.79 Å². The third-order valence-electron chi connectivity index (χ3n) is 6.08. The summed E-state index contributed by atoms with van der Waals surface area (Å²) in [5, 5.41) is 0. The first-order chi connectivity index (χ1) is 11.2. The van der Waals surface area contributed by atoms with Gasteiger partial charge in [0.25, 0.3) is 0 Å². The molecule has 0 aliphatic heterocycles. The highest BCUT2D eigenvalue weighted by molar-refractivity contribution is 5.81. The topological polar surface area (TPSA) is 43.1 Å². The molecule has 2 N–H and O–H groups in total. The van der Waals surface area contributed by atoms with E-state index in [0.717, 1.165) is 12.8 Å². The number of carbonyl (C=O) groups is 1. The number of unbranched alkanes of at least 4 members (excludes halogenated alkanes) is 9. The number of hydrogen-bond acceptors (Lipinski definition) is 1. The molecule has 0 heterocycles. The van der Waals surface area contributed by atoms with E-state index in [-0.39, 0.29) is 11.3 Å². The van der Waals surface area contributed by atoms with Crippen molar-refractivity contribution in [3.05, 3.63) is 0 Å². The fourth-order valence-electron chi connectivity index (χ4n) is 4.56. The maximum absolute atomic E-state index is 12.3. The van der Waals surface area contributed by atoms with Gasteiger partial charge in [0.15, 0.2) is 0 Å². The molecule has 0 saturated heterocycles. The molecule has 0 aromatic rings. The van der Waals surface area contributed by atoms with Crippen LogP contribution in [-0.2, 0) is 4.79 Å². The molecule has 0 spiro atoms. The predicted octanol–water partition coefficient (Wildman–Crippen LogP) is 6.37. The second-order valence-corrected chi connectivity index (χ2v) is 7.83. The van der Waals surface area contributed by atoms with Crippen LogP contribution >= 0.6 is 0 Å². The summed E-state index contributed by atoms with van der Waals surface area (Å²) >= 11 is 0. The zero-order valence-electron chi connectivity index (χ0n) is 15.9. The summed E-state index contributed by atoms with van der Waals surface area (Å²) in [5.41, 5.74) is 5.74. The minimum absolute atomic E-state index is 0.00196. The zero-order valence-corrected chi connectivity index (χ0v) is 15.9. The summed E-state index contributed by atoms with van der Waals surface area (Å²) in [6, 6.07) is 0. The summed E-state index contributed by atoms with van der Waals surface area (Å²) in [7, 11) is 0. The van der Waals surface area contributed by atoms with Crippen molar-refractivity contribution in [2.75, 3.05) is 0 Å². The monoisotopic (exact) mass is 323 g/mol. The van der Waals surface area contributed by atoms with E-state index in [0.29, 0.717) is 5.92 Å². The van der Waals surface area contributed by atoms with Crippen molar-refractivity contribution in [1.82, 2.24) is 0 Å². The molecule has 0 aromatic heterocycles. The van der Waals surface area contributed by atoms with Crippen LogP contribution in [0.25, 0.3) is 0 Å². The standard InChI is InChI=1S/C21H41NO/c1-3-5-7-9-11-13-17-21(20(22)23)18-14-16-19(21)15-12-10-8-6-4-2/h19H,3-18H2,1-2H3,(H2,22,23). The fraction of sp³-hybridized carbons (Fsp3) is 0.952. The van der Waals surface area contributed by atoms with Gasteiger partial charge in [-0.05, 0) is 31.6 Å². The molecule has 0 bridgehead atoms. The highest BCUT2D eigenvalue weighted by Gasteiger charge is 2.46. The van der Waals surface area contributed by atoms with Gasteiger partial charge in [-0.2, -0.15) is 0 Å². The van der Waals surface area contributed by atoms with E-state index in [2.05, 4.69) is 13.8 Å². The van der Waals surface area contributed by atoms with Gasteiger partial charge < -0.3 is 5.73 Å². The van der Waals surface area contributed by atoms with Gasteiger partial charge in [-0.25, -0.2) is 0 Å². The summed E-state index contributed by atoms with van der Waals surface area (Å²) in [5.74, 6) is 0.569. The Balaban J connectivity index is 2.38. The number of nitrogens with two attached hydrogens (primary N) is 1. The Hall–Kier alpha value is -0.530. The number of amides is 1. The summed E-state index contributed by atoms with van der Waals surface area (Å²) in [4.78, 5) is 12.3. The van der Waals surface area contributed by atoms with E-state index < -0.39 is 0 Å². The summed E-state index contributed by atoms with van der Waals surface area (Å²) in [6.45, 7) is 4.52. The van der Waals surface area contributed by atoms with Crippen molar-refractivity contribution in [2.45, 2.75) is 117 Å². The van der Waals surface area contributed by atoms with E-state index in [1.165, 1.54) is 89.9 Å². The second-order valence-electron chi connectivity index (χ2n) is 7.83. The van der Waals surface area contributed by atoms with Crippen LogP contribution < -0.4 is 5.73 Å². The molecule has 1 rings (SSSR count). The smallest absolute Gasteiger partial charge is 0.223 e. The first kappa shape index (κ1) is 20.5. The van der Waals surface area contributed by atoms with Crippen molar-refractivity contribution in [3.8, 4) is 0 Å². The molecule has 1 aliphatic rings. The Morgan fingerprint density at radius 3 is 2.09 bits per heavy atom. The number of primary amides is 1. The molecule has 0 radical (unpaired) electrons. The van der Waals surface area contributed by atoms with E-state index in [1.807, 2.05) is 0 Å². The lowest BCUT2D eigenvalue weighted by molar-refractivity contribution is -0.130. The van der Waals surface area contributed by atoms with Crippen molar-refractivity contribution < 1.29 is 4.79 Å². The lowest BCUT2D eigenvalue weighted by Gasteiger charge is -2.33. The minimum atomic E-state index is -0.157. The number of carbonyl (C=O) groups excluding carboxylic acids is 1. The molecule has 2 atom stereocenters. The molecule has 2 heteroatoms. The van der Waals surface area contributed by atoms with Gasteiger partial charge in [0, 0.05) is 0 Å². The van der Waals surface area contributed by atoms with Crippen molar-refractivity contribution in [2.24, 2.45) is 17.1 Å². The van der Waals surface area contributed by atoms with Gasteiger partial charge in [0.05, 0.1) is 5.41 Å². The van der Waals surface area contributed by atoms with Crippen molar-refractivity contribution in [3.63, 3.8) is 0 Å². The average Bonchev–Trinajstić information content (AvgIpc) is 2.95. The Labute approximate surface area is 145 Å². The van der Waals surface area contributed by atoms with Crippen LogP contribution in [0.4, 0.5) is 0 Å². The lowest BCUT2D eigenvalue weighted by Crippen LogP contribution is -2.40. The largest absolute Gasteiger partial charge is 0.369 e. The molecular weight excluding hydrogens is 282 g/mol. The SMILES string of the molecule is CCCCCCCCC1(C(N)=O)CCCC1CCCCCCC. The third kappa shape index (κ3) is 6.85. The van der Waals surface area contributed by atoms with Gasteiger partial charge in [0.1, 0.15) is 0 Å². The second kappa shape index (κ2) is 11.9. The molecule has 2 unspecified atom stereocenters. The van der Waals surface area contributed by atoms with E-state index in [1.54, 1.807) is 0 Å². The number of rotatable bonds is 14. The van der Waals surface area contributed by atoms with Crippen molar-refractivity contribution >= 4 is 5.91 Å². The summed E-state index contributed by atoms with van der Waals surface area (Å²) in [6.07, 6.45) is 20.2. The molecule has 1 fully saturated rings. The molecule has 0 aromatic carbocycles. The zero-order chi connectivity index (χ0) is 17.0.